The SMILES string of the molecule is Cc1c(N)cccc1C(=O)NC(C)C(=O)NC(C)(C)C. The summed E-state index contributed by atoms with van der Waals surface area (Å²) in [5, 5.41) is 5.50. The van der Waals surface area contributed by atoms with Crippen LogP contribution in [-0.2, 0) is 4.79 Å². The van der Waals surface area contributed by atoms with Gasteiger partial charge >= 0.3 is 0 Å². The fraction of sp³-hybridized carbons (Fsp3) is 0.467. The van der Waals surface area contributed by atoms with Crippen molar-refractivity contribution < 1.29 is 9.59 Å². The highest BCUT2D eigenvalue weighted by molar-refractivity contribution is 5.99. The lowest BCUT2D eigenvalue weighted by Gasteiger charge is -2.23. The summed E-state index contributed by atoms with van der Waals surface area (Å²) in [6.45, 7) is 9.11. The third kappa shape index (κ3) is 4.26. The number of anilines is 1. The van der Waals surface area contributed by atoms with Crippen LogP contribution in [0.4, 0.5) is 5.69 Å². The Morgan fingerprint density at radius 3 is 2.40 bits per heavy atom. The smallest absolute Gasteiger partial charge is 0.252 e. The van der Waals surface area contributed by atoms with Crippen molar-refractivity contribution >= 4 is 17.5 Å². The molecule has 0 aliphatic rings. The van der Waals surface area contributed by atoms with E-state index in [1.807, 2.05) is 20.8 Å². The average Bonchev–Trinajstić information content (AvgIpc) is 2.30. The number of carbonyl (C=O) groups excluding carboxylic acids is 2. The molecule has 0 aliphatic carbocycles. The Morgan fingerprint density at radius 2 is 1.85 bits per heavy atom. The molecular formula is C15H23N3O2. The first-order valence-electron chi connectivity index (χ1n) is 6.60. The second-order valence-corrected chi connectivity index (χ2v) is 5.95. The van der Waals surface area contributed by atoms with Gasteiger partial charge in [-0.3, -0.25) is 9.59 Å². The predicted molar refractivity (Wildman–Crippen MR) is 80.4 cm³/mol. The van der Waals surface area contributed by atoms with Crippen LogP contribution in [0.15, 0.2) is 18.2 Å². The first kappa shape index (κ1) is 16.0. The molecular weight excluding hydrogens is 254 g/mol. The number of nitrogen functional groups attached to an aromatic ring is 1. The van der Waals surface area contributed by atoms with Crippen LogP contribution in [0.2, 0.25) is 0 Å². The van der Waals surface area contributed by atoms with Crippen molar-refractivity contribution in [1.29, 1.82) is 0 Å². The zero-order valence-corrected chi connectivity index (χ0v) is 12.7. The lowest BCUT2D eigenvalue weighted by atomic mass is 10.1. The van der Waals surface area contributed by atoms with Crippen LogP contribution in [0.25, 0.3) is 0 Å². The van der Waals surface area contributed by atoms with Gasteiger partial charge in [-0.2, -0.15) is 0 Å². The number of nitrogens with one attached hydrogen (secondary N) is 2. The summed E-state index contributed by atoms with van der Waals surface area (Å²) in [7, 11) is 0. The van der Waals surface area contributed by atoms with Crippen molar-refractivity contribution in [1.82, 2.24) is 10.6 Å². The molecule has 0 spiro atoms. The quantitative estimate of drug-likeness (QED) is 0.734. The Bertz CT molecular complexity index is 518. The van der Waals surface area contributed by atoms with Crippen molar-refractivity contribution in [3.8, 4) is 0 Å². The minimum Gasteiger partial charge on any atom is -0.398 e. The van der Waals surface area contributed by atoms with E-state index in [0.29, 0.717) is 16.8 Å². The Morgan fingerprint density at radius 1 is 1.25 bits per heavy atom. The highest BCUT2D eigenvalue weighted by atomic mass is 16.2. The molecule has 5 nitrogen and oxygen atoms in total. The molecule has 0 bridgehead atoms. The molecule has 0 saturated heterocycles. The minimum absolute atomic E-state index is 0.215. The molecule has 1 unspecified atom stereocenters. The number of hydrogen-bond acceptors (Lipinski definition) is 3. The third-order valence-electron chi connectivity index (χ3n) is 2.86. The van der Waals surface area contributed by atoms with Crippen LogP contribution in [0, 0.1) is 6.92 Å². The molecule has 1 rings (SSSR count). The summed E-state index contributed by atoms with van der Waals surface area (Å²) in [5.41, 5.74) is 7.21. The molecule has 0 aliphatic heterocycles. The first-order chi connectivity index (χ1) is 9.11. The lowest BCUT2D eigenvalue weighted by molar-refractivity contribution is -0.124. The molecule has 0 fully saturated rings. The fourth-order valence-corrected chi connectivity index (χ4v) is 1.72. The Hall–Kier alpha value is -2.04. The standard InChI is InChI=1S/C15H23N3O2/c1-9-11(7-6-8-12(9)16)14(20)17-10(2)13(19)18-15(3,4)5/h6-8,10H,16H2,1-5H3,(H,17,20)(H,18,19). The third-order valence-corrected chi connectivity index (χ3v) is 2.86. The summed E-state index contributed by atoms with van der Waals surface area (Å²) in [5.74, 6) is -0.515. The Balaban J connectivity index is 2.76. The largest absolute Gasteiger partial charge is 0.398 e. The topological polar surface area (TPSA) is 84.2 Å². The van der Waals surface area contributed by atoms with E-state index in [2.05, 4.69) is 10.6 Å². The van der Waals surface area contributed by atoms with Crippen molar-refractivity contribution in [2.24, 2.45) is 0 Å². The second-order valence-electron chi connectivity index (χ2n) is 5.95. The van der Waals surface area contributed by atoms with Crippen molar-refractivity contribution in [2.45, 2.75) is 46.2 Å². The average molecular weight is 277 g/mol. The van der Waals surface area contributed by atoms with Gasteiger partial charge in [0.25, 0.3) is 5.91 Å². The molecule has 0 saturated carbocycles. The molecule has 1 aromatic rings. The van der Waals surface area contributed by atoms with E-state index in [1.165, 1.54) is 0 Å². The summed E-state index contributed by atoms with van der Waals surface area (Å²) in [6.07, 6.45) is 0. The molecule has 0 heterocycles. The number of rotatable bonds is 3. The maximum Gasteiger partial charge on any atom is 0.252 e. The van der Waals surface area contributed by atoms with Crippen LogP contribution >= 0.6 is 0 Å². The van der Waals surface area contributed by atoms with Crippen molar-refractivity contribution in [2.75, 3.05) is 5.73 Å². The molecule has 5 heteroatoms. The lowest BCUT2D eigenvalue weighted by Crippen LogP contribution is -2.50. The van der Waals surface area contributed by atoms with Gasteiger partial charge < -0.3 is 16.4 Å². The number of carbonyl (C=O) groups is 2. The zero-order valence-electron chi connectivity index (χ0n) is 12.7. The molecule has 1 aromatic carbocycles. The van der Waals surface area contributed by atoms with Gasteiger partial charge in [-0.15, -0.1) is 0 Å². The minimum atomic E-state index is -0.609. The van der Waals surface area contributed by atoms with Crippen molar-refractivity contribution in [3.63, 3.8) is 0 Å². The summed E-state index contributed by atoms with van der Waals surface area (Å²) < 4.78 is 0. The van der Waals surface area contributed by atoms with Crippen LogP contribution in [0.5, 0.6) is 0 Å². The first-order valence-corrected chi connectivity index (χ1v) is 6.60. The molecule has 4 N–H and O–H groups in total. The number of amides is 2. The van der Waals surface area contributed by atoms with Gasteiger partial charge in [0, 0.05) is 16.8 Å². The van der Waals surface area contributed by atoms with E-state index in [9.17, 15) is 9.59 Å². The van der Waals surface area contributed by atoms with E-state index in [0.717, 1.165) is 0 Å². The van der Waals surface area contributed by atoms with Crippen LogP contribution in [0.3, 0.4) is 0 Å². The molecule has 1 atom stereocenters. The van der Waals surface area contributed by atoms with Crippen LogP contribution in [0.1, 0.15) is 43.6 Å². The van der Waals surface area contributed by atoms with Gasteiger partial charge in [0.05, 0.1) is 0 Å². The highest BCUT2D eigenvalue weighted by Gasteiger charge is 2.21. The number of nitrogens with two attached hydrogens (primary N) is 1. The summed E-state index contributed by atoms with van der Waals surface area (Å²) >= 11 is 0. The maximum atomic E-state index is 12.2. The van der Waals surface area contributed by atoms with Crippen LogP contribution < -0.4 is 16.4 Å². The monoisotopic (exact) mass is 277 g/mol. The molecule has 20 heavy (non-hydrogen) atoms. The van der Waals surface area contributed by atoms with Gasteiger partial charge in [-0.1, -0.05) is 6.07 Å². The Labute approximate surface area is 119 Å². The predicted octanol–water partition coefficient (Wildman–Crippen LogP) is 1.61. The second kappa shape index (κ2) is 5.94. The molecule has 110 valence electrons. The van der Waals surface area contributed by atoms with Gasteiger partial charge in [-0.25, -0.2) is 0 Å². The van der Waals surface area contributed by atoms with E-state index in [4.69, 9.17) is 5.73 Å². The van der Waals surface area contributed by atoms with E-state index >= 15 is 0 Å². The van der Waals surface area contributed by atoms with Gasteiger partial charge in [-0.05, 0) is 52.3 Å². The molecule has 0 radical (unpaired) electrons. The number of hydrogen-bond donors (Lipinski definition) is 3. The molecule has 0 aromatic heterocycles. The molecule has 2 amide bonds. The Kier molecular flexibility index (Phi) is 4.76. The van der Waals surface area contributed by atoms with E-state index < -0.39 is 6.04 Å². The zero-order chi connectivity index (χ0) is 15.5. The maximum absolute atomic E-state index is 12.2. The van der Waals surface area contributed by atoms with E-state index in [-0.39, 0.29) is 17.4 Å². The highest BCUT2D eigenvalue weighted by Crippen LogP contribution is 2.15. The van der Waals surface area contributed by atoms with Crippen LogP contribution in [-0.4, -0.2) is 23.4 Å². The summed E-state index contributed by atoms with van der Waals surface area (Å²) in [4.78, 5) is 24.1. The van der Waals surface area contributed by atoms with Gasteiger partial charge in [0.15, 0.2) is 0 Å². The normalized spacial score (nSPS) is 12.7. The number of benzene rings is 1. The van der Waals surface area contributed by atoms with Gasteiger partial charge in [0.2, 0.25) is 5.91 Å². The van der Waals surface area contributed by atoms with Gasteiger partial charge in [0.1, 0.15) is 6.04 Å². The van der Waals surface area contributed by atoms with E-state index in [1.54, 1.807) is 32.0 Å². The van der Waals surface area contributed by atoms with Crippen molar-refractivity contribution in [3.05, 3.63) is 29.3 Å². The summed E-state index contributed by atoms with van der Waals surface area (Å²) in [6, 6.07) is 4.54. The fourth-order valence-electron chi connectivity index (χ4n) is 1.72.